The molecule has 0 saturated heterocycles. The number of nitrogens with zero attached hydrogens (tertiary/aromatic N) is 1. The van der Waals surface area contributed by atoms with Crippen LogP contribution in [0, 0.1) is 29.6 Å². The molecule has 1 heterocycles. The zero-order valence-electron chi connectivity index (χ0n) is 18.9. The van der Waals surface area contributed by atoms with E-state index in [2.05, 4.69) is 18.2 Å². The van der Waals surface area contributed by atoms with Gasteiger partial charge in [0, 0.05) is 24.6 Å². The standard InChI is InChI=1S/C28H37NO2/c30-25(26-21-13-12-19-8-2-3-9-20(19)18-22(21)26)14-17-29-24-11-5-4-10-23(24)28(27(29)31)15-6-1-7-16-28/h4-5,10-11,19-22,26H,1-3,6-9,12-18H2/t19?,20?,21-,22?,26?/m1/s1. The predicted octanol–water partition coefficient (Wildman–Crippen LogP) is 6.05. The zero-order chi connectivity index (χ0) is 21.0. The van der Waals surface area contributed by atoms with Crippen molar-refractivity contribution in [2.24, 2.45) is 29.6 Å². The Balaban J connectivity index is 1.13. The van der Waals surface area contributed by atoms with Gasteiger partial charge in [-0.2, -0.15) is 0 Å². The summed E-state index contributed by atoms with van der Waals surface area (Å²) in [6, 6.07) is 8.39. The van der Waals surface area contributed by atoms with Crippen LogP contribution in [0.4, 0.5) is 5.69 Å². The maximum absolute atomic E-state index is 13.6. The van der Waals surface area contributed by atoms with Gasteiger partial charge in [0.05, 0.1) is 5.41 Å². The Morgan fingerprint density at radius 3 is 2.52 bits per heavy atom. The molecule has 5 aliphatic rings. The first kappa shape index (κ1) is 20.0. The Hall–Kier alpha value is -1.64. The Kier molecular flexibility index (Phi) is 5.00. The number of benzene rings is 1. The number of Topliss-reactive ketones (excluding diaryl/α,β-unsaturated/α-hetero) is 1. The van der Waals surface area contributed by atoms with E-state index in [1.54, 1.807) is 0 Å². The molecule has 31 heavy (non-hydrogen) atoms. The van der Waals surface area contributed by atoms with Crippen LogP contribution < -0.4 is 4.90 Å². The second-order valence-corrected chi connectivity index (χ2v) is 11.3. The van der Waals surface area contributed by atoms with Gasteiger partial charge in [-0.25, -0.2) is 0 Å². The van der Waals surface area contributed by atoms with Crippen molar-refractivity contribution in [3.8, 4) is 0 Å². The average Bonchev–Trinajstić information content (AvgIpc) is 3.49. The second kappa shape index (κ2) is 7.74. The fraction of sp³-hybridized carbons (Fsp3) is 0.714. The normalized spacial score (nSPS) is 35.8. The zero-order valence-corrected chi connectivity index (χ0v) is 18.9. The lowest BCUT2D eigenvalue weighted by Crippen LogP contribution is -2.42. The highest BCUT2D eigenvalue weighted by Crippen LogP contribution is 2.59. The molecule has 1 aliphatic heterocycles. The van der Waals surface area contributed by atoms with Crippen LogP contribution in [0.1, 0.15) is 89.0 Å². The smallest absolute Gasteiger partial charge is 0.237 e. The molecule has 5 atom stereocenters. The van der Waals surface area contributed by atoms with Gasteiger partial charge in [0.25, 0.3) is 0 Å². The van der Waals surface area contributed by atoms with Crippen LogP contribution >= 0.6 is 0 Å². The molecule has 3 heteroatoms. The van der Waals surface area contributed by atoms with E-state index in [1.165, 1.54) is 56.9 Å². The largest absolute Gasteiger partial charge is 0.311 e. The van der Waals surface area contributed by atoms with Gasteiger partial charge in [0.2, 0.25) is 5.91 Å². The van der Waals surface area contributed by atoms with E-state index in [9.17, 15) is 9.59 Å². The summed E-state index contributed by atoms with van der Waals surface area (Å²) in [5.74, 6) is 4.17. The summed E-state index contributed by atoms with van der Waals surface area (Å²) in [6.07, 6.45) is 15.6. The quantitative estimate of drug-likeness (QED) is 0.596. The molecule has 1 aromatic rings. The number of carbonyl (C=O) groups excluding carboxylic acids is 2. The van der Waals surface area contributed by atoms with Gasteiger partial charge in [-0.05, 0) is 67.4 Å². The van der Waals surface area contributed by atoms with E-state index in [0.717, 1.165) is 43.2 Å². The summed E-state index contributed by atoms with van der Waals surface area (Å²) in [4.78, 5) is 28.8. The van der Waals surface area contributed by atoms with Crippen molar-refractivity contribution in [3.63, 3.8) is 0 Å². The summed E-state index contributed by atoms with van der Waals surface area (Å²) < 4.78 is 0. The van der Waals surface area contributed by atoms with E-state index >= 15 is 0 Å². The molecule has 3 nitrogen and oxygen atoms in total. The lowest BCUT2D eigenvalue weighted by atomic mass is 9.70. The van der Waals surface area contributed by atoms with Crippen LogP contribution in [-0.2, 0) is 15.0 Å². The van der Waals surface area contributed by atoms with Gasteiger partial charge in [0.1, 0.15) is 5.78 Å². The van der Waals surface area contributed by atoms with Crippen molar-refractivity contribution in [1.29, 1.82) is 0 Å². The topological polar surface area (TPSA) is 37.4 Å². The van der Waals surface area contributed by atoms with Gasteiger partial charge in [-0.15, -0.1) is 0 Å². The molecule has 4 aliphatic carbocycles. The van der Waals surface area contributed by atoms with Gasteiger partial charge < -0.3 is 4.90 Å². The number of anilines is 1. The molecule has 4 fully saturated rings. The molecule has 1 spiro atoms. The highest BCUT2D eigenvalue weighted by molar-refractivity contribution is 6.08. The molecule has 0 N–H and O–H groups in total. The van der Waals surface area contributed by atoms with E-state index < -0.39 is 0 Å². The summed E-state index contributed by atoms with van der Waals surface area (Å²) in [5.41, 5.74) is 2.00. The SMILES string of the molecule is O=C(CCN1C(=O)C2(CCCCC2)c2ccccc21)C1C2CC3CCCCC3CC[C@H]21. The molecule has 0 radical (unpaired) electrons. The fourth-order valence-corrected chi connectivity index (χ4v) is 8.21. The number of amides is 1. The van der Waals surface area contributed by atoms with Crippen LogP contribution in [0.2, 0.25) is 0 Å². The summed E-state index contributed by atoms with van der Waals surface area (Å²) in [7, 11) is 0. The third-order valence-corrected chi connectivity index (χ3v) is 9.87. The van der Waals surface area contributed by atoms with Crippen LogP contribution in [-0.4, -0.2) is 18.2 Å². The van der Waals surface area contributed by atoms with Crippen molar-refractivity contribution in [2.75, 3.05) is 11.4 Å². The van der Waals surface area contributed by atoms with Crippen LogP contribution in [0.3, 0.4) is 0 Å². The van der Waals surface area contributed by atoms with Crippen molar-refractivity contribution in [1.82, 2.24) is 0 Å². The predicted molar refractivity (Wildman–Crippen MR) is 123 cm³/mol. The van der Waals surface area contributed by atoms with Crippen molar-refractivity contribution >= 4 is 17.4 Å². The van der Waals surface area contributed by atoms with Crippen LogP contribution in [0.5, 0.6) is 0 Å². The Bertz CT molecular complexity index is 870. The first-order valence-corrected chi connectivity index (χ1v) is 13.1. The highest BCUT2D eigenvalue weighted by Gasteiger charge is 2.56. The van der Waals surface area contributed by atoms with Gasteiger partial charge in [0.15, 0.2) is 0 Å². The van der Waals surface area contributed by atoms with Crippen LogP contribution in [0.25, 0.3) is 0 Å². The number of carbonyl (C=O) groups is 2. The molecule has 4 unspecified atom stereocenters. The van der Waals surface area contributed by atoms with E-state index in [1.807, 2.05) is 11.0 Å². The minimum Gasteiger partial charge on any atom is -0.311 e. The lowest BCUT2D eigenvalue weighted by Gasteiger charge is -2.32. The number of hydrogen-bond donors (Lipinski definition) is 0. The summed E-state index contributed by atoms with van der Waals surface area (Å²) in [5, 5.41) is 0. The molecular formula is C28H37NO2. The summed E-state index contributed by atoms with van der Waals surface area (Å²) in [6.45, 7) is 0.582. The third kappa shape index (κ3) is 3.21. The number of fused-ring (bicyclic) bond motifs is 4. The van der Waals surface area contributed by atoms with E-state index in [0.29, 0.717) is 36.5 Å². The van der Waals surface area contributed by atoms with Gasteiger partial charge in [-0.1, -0.05) is 63.1 Å². The Labute approximate surface area is 187 Å². The van der Waals surface area contributed by atoms with Crippen molar-refractivity contribution < 1.29 is 9.59 Å². The maximum atomic E-state index is 13.6. The molecular weight excluding hydrogens is 382 g/mol. The molecule has 1 aromatic carbocycles. The minimum atomic E-state index is -0.306. The van der Waals surface area contributed by atoms with E-state index in [-0.39, 0.29) is 11.3 Å². The Morgan fingerprint density at radius 2 is 1.68 bits per heavy atom. The maximum Gasteiger partial charge on any atom is 0.237 e. The van der Waals surface area contributed by atoms with Crippen molar-refractivity contribution in [3.05, 3.63) is 29.8 Å². The monoisotopic (exact) mass is 419 g/mol. The fourth-order valence-electron chi connectivity index (χ4n) is 8.21. The molecule has 0 bridgehead atoms. The number of hydrogen-bond acceptors (Lipinski definition) is 2. The molecule has 1 amide bonds. The van der Waals surface area contributed by atoms with E-state index in [4.69, 9.17) is 0 Å². The Morgan fingerprint density at radius 1 is 0.903 bits per heavy atom. The van der Waals surface area contributed by atoms with Gasteiger partial charge >= 0.3 is 0 Å². The summed E-state index contributed by atoms with van der Waals surface area (Å²) >= 11 is 0. The van der Waals surface area contributed by atoms with Crippen LogP contribution in [0.15, 0.2) is 24.3 Å². The number of rotatable bonds is 4. The average molecular weight is 420 g/mol. The van der Waals surface area contributed by atoms with Gasteiger partial charge in [-0.3, -0.25) is 9.59 Å². The molecule has 0 aromatic heterocycles. The molecule has 166 valence electrons. The third-order valence-electron chi connectivity index (χ3n) is 9.87. The first-order chi connectivity index (χ1) is 15.2. The highest BCUT2D eigenvalue weighted by atomic mass is 16.2. The molecule has 4 saturated carbocycles. The minimum absolute atomic E-state index is 0.274. The number of ketones is 1. The first-order valence-electron chi connectivity index (χ1n) is 13.1. The molecule has 6 rings (SSSR count). The number of para-hydroxylation sites is 1. The lowest BCUT2D eigenvalue weighted by molar-refractivity contribution is -0.124. The van der Waals surface area contributed by atoms with Crippen molar-refractivity contribution in [2.45, 2.75) is 88.9 Å². The second-order valence-electron chi connectivity index (χ2n) is 11.3.